The quantitative estimate of drug-likeness (QED) is 0.154. The maximum absolute atomic E-state index is 16.1. The maximum atomic E-state index is 16.1. The van der Waals surface area contributed by atoms with Crippen molar-refractivity contribution in [3.63, 3.8) is 0 Å². The first-order valence-electron chi connectivity index (χ1n) is 18.1. The first-order valence-corrected chi connectivity index (χ1v) is 18.9. The van der Waals surface area contributed by atoms with E-state index < -0.39 is 41.8 Å². The summed E-state index contributed by atoms with van der Waals surface area (Å²) in [6, 6.07) is 10.0. The van der Waals surface area contributed by atoms with E-state index in [2.05, 4.69) is 20.5 Å². The second-order valence-corrected chi connectivity index (χ2v) is 15.5. The number of anilines is 1. The zero-order chi connectivity index (χ0) is 37.9. The fraction of sp³-hybridized carbons (Fsp3) is 0.459. The average molecular weight is 767 g/mol. The predicted molar refractivity (Wildman–Crippen MR) is 193 cm³/mol. The molecule has 17 heteroatoms. The van der Waals surface area contributed by atoms with Gasteiger partial charge in [0.15, 0.2) is 10.7 Å². The lowest BCUT2D eigenvalue weighted by atomic mass is 9.83. The van der Waals surface area contributed by atoms with Crippen LogP contribution in [0.4, 0.5) is 23.2 Å². The van der Waals surface area contributed by atoms with Gasteiger partial charge in [-0.2, -0.15) is 18.3 Å². The number of aromatic nitrogens is 5. The lowest BCUT2D eigenvalue weighted by Gasteiger charge is -2.38. The number of rotatable bonds is 7. The van der Waals surface area contributed by atoms with Gasteiger partial charge < -0.3 is 10.2 Å². The highest BCUT2D eigenvalue weighted by Gasteiger charge is 2.37. The van der Waals surface area contributed by atoms with E-state index in [-0.39, 0.29) is 42.0 Å². The molecule has 5 aromatic rings. The van der Waals surface area contributed by atoms with Gasteiger partial charge in [-0.25, -0.2) is 14.2 Å². The van der Waals surface area contributed by atoms with Crippen molar-refractivity contribution in [2.75, 3.05) is 25.0 Å². The number of nitrogens with one attached hydrogen (secondary N) is 2. The van der Waals surface area contributed by atoms with E-state index in [1.165, 1.54) is 9.13 Å². The minimum atomic E-state index is -4.62. The molecule has 1 unspecified atom stereocenters. The second-order valence-electron chi connectivity index (χ2n) is 14.6. The number of likely N-dealkylation sites (tertiary alicyclic amines) is 1. The molecule has 5 heterocycles. The summed E-state index contributed by atoms with van der Waals surface area (Å²) in [5.74, 6) is -1.56. The van der Waals surface area contributed by atoms with E-state index in [4.69, 9.17) is 5.10 Å². The monoisotopic (exact) mass is 766 g/mol. The predicted octanol–water partition coefficient (Wildman–Crippen LogP) is 5.95. The first-order chi connectivity index (χ1) is 25.8. The third-order valence-electron chi connectivity index (χ3n) is 11.2. The number of imidazole rings is 1. The summed E-state index contributed by atoms with van der Waals surface area (Å²) >= 11 is 0.636. The van der Waals surface area contributed by atoms with Gasteiger partial charge in [-0.15, -0.1) is 11.3 Å². The summed E-state index contributed by atoms with van der Waals surface area (Å²) in [7, 11) is 1.64. The molecule has 3 atom stereocenters. The number of benzene rings is 2. The molecule has 2 aromatic carbocycles. The van der Waals surface area contributed by atoms with Crippen LogP contribution in [0.15, 0.2) is 52.8 Å². The van der Waals surface area contributed by atoms with Crippen molar-refractivity contribution in [1.29, 1.82) is 0 Å². The molecule has 3 fully saturated rings. The van der Waals surface area contributed by atoms with Crippen LogP contribution in [0.25, 0.3) is 21.9 Å². The lowest BCUT2D eigenvalue weighted by Crippen LogP contribution is -2.44. The molecule has 3 aromatic heterocycles. The summed E-state index contributed by atoms with van der Waals surface area (Å²) in [5.41, 5.74) is 1.65. The minimum Gasteiger partial charge on any atom is -0.320 e. The van der Waals surface area contributed by atoms with Crippen LogP contribution in [0.5, 0.6) is 0 Å². The Morgan fingerprint density at radius 2 is 1.85 bits per heavy atom. The van der Waals surface area contributed by atoms with Crippen molar-refractivity contribution >= 4 is 56.7 Å². The topological polar surface area (TPSA) is 136 Å². The van der Waals surface area contributed by atoms with Gasteiger partial charge in [0.1, 0.15) is 12.2 Å². The van der Waals surface area contributed by atoms with E-state index in [1.807, 2.05) is 16.9 Å². The Morgan fingerprint density at radius 1 is 1.06 bits per heavy atom. The summed E-state index contributed by atoms with van der Waals surface area (Å²) in [6.45, 7) is 1.80. The molecule has 2 aliphatic heterocycles. The van der Waals surface area contributed by atoms with Gasteiger partial charge in [0.25, 0.3) is 5.91 Å². The smallest absolute Gasteiger partial charge is 0.320 e. The Bertz CT molecular complexity index is 2320. The molecule has 2 saturated heterocycles. The molecule has 3 aliphatic rings. The van der Waals surface area contributed by atoms with E-state index in [0.717, 1.165) is 60.6 Å². The molecule has 0 radical (unpaired) electrons. The Balaban J connectivity index is 0.871. The Hall–Kier alpha value is -4.90. The van der Waals surface area contributed by atoms with Crippen molar-refractivity contribution in [3.8, 4) is 0 Å². The second kappa shape index (κ2) is 14.1. The third-order valence-corrected chi connectivity index (χ3v) is 12.0. The minimum absolute atomic E-state index is 0.146. The number of hydrogen-bond donors (Lipinski definition) is 2. The van der Waals surface area contributed by atoms with E-state index in [1.54, 1.807) is 37.4 Å². The van der Waals surface area contributed by atoms with E-state index in [0.29, 0.717) is 40.4 Å². The highest BCUT2D eigenvalue weighted by Crippen LogP contribution is 2.38. The summed E-state index contributed by atoms with van der Waals surface area (Å²) in [5, 5.41) is 11.1. The van der Waals surface area contributed by atoms with Crippen LogP contribution in [-0.2, 0) is 22.8 Å². The normalized spacial score (nSPS) is 24.3. The number of piperidine rings is 2. The molecule has 1 aliphatic carbocycles. The summed E-state index contributed by atoms with van der Waals surface area (Å²) in [6.07, 6.45) is 0.876. The van der Waals surface area contributed by atoms with Crippen LogP contribution in [0, 0.1) is 5.92 Å². The Morgan fingerprint density at radius 3 is 2.57 bits per heavy atom. The number of amides is 3. The first kappa shape index (κ1) is 36.1. The van der Waals surface area contributed by atoms with Crippen LogP contribution in [0.2, 0.25) is 0 Å². The molecule has 0 bridgehead atoms. The Kier molecular flexibility index (Phi) is 9.40. The van der Waals surface area contributed by atoms with Gasteiger partial charge >= 0.3 is 11.9 Å². The van der Waals surface area contributed by atoms with Crippen molar-refractivity contribution < 1.29 is 31.9 Å². The maximum Gasteiger partial charge on any atom is 0.434 e. The van der Waals surface area contributed by atoms with Crippen LogP contribution >= 0.6 is 11.3 Å². The number of alkyl halides is 4. The molecule has 2 N–H and O–H groups in total. The molecule has 8 rings (SSSR count). The summed E-state index contributed by atoms with van der Waals surface area (Å²) < 4.78 is 59.7. The lowest BCUT2D eigenvalue weighted by molar-refractivity contribution is -0.141. The molecule has 3 amide bonds. The molecule has 1 saturated carbocycles. The number of carbonyl (C=O) groups is 3. The number of para-hydroxylation sites is 1. The van der Waals surface area contributed by atoms with Gasteiger partial charge in [-0.1, -0.05) is 12.1 Å². The standard InChI is InChI=1S/C37H38F4N8O4S/c1-46-32-25(3-2-4-28(32)49(36(46)53)29-11-12-31(50)44-33(29)51)24-13-14-47(18-26(24)38)16-20-5-8-23(9-6-20)48-17-21-15-22(7-10-27(21)45-48)42-34(52)35-43-30(19-54-35)37(39,40)41/h2-4,7,10,15,17,19-20,23-24,26,29H,5-6,8-9,11-14,16,18H2,1H3,(H,42,52)(H,44,50,51)/t20?,23?,24-,26+,29?/m0/s1. The van der Waals surface area contributed by atoms with Crippen LogP contribution in [-0.4, -0.2) is 72.3 Å². The highest BCUT2D eigenvalue weighted by molar-refractivity contribution is 7.11. The molecule has 284 valence electrons. The molecule has 54 heavy (non-hydrogen) atoms. The van der Waals surface area contributed by atoms with Crippen LogP contribution in [0.1, 0.15) is 84.0 Å². The fourth-order valence-corrected chi connectivity index (χ4v) is 9.16. The van der Waals surface area contributed by atoms with Gasteiger partial charge in [-0.05, 0) is 80.8 Å². The van der Waals surface area contributed by atoms with Gasteiger partial charge in [0.2, 0.25) is 11.8 Å². The third kappa shape index (κ3) is 6.83. The van der Waals surface area contributed by atoms with Crippen molar-refractivity contribution in [2.45, 2.75) is 75.3 Å². The van der Waals surface area contributed by atoms with Crippen molar-refractivity contribution in [2.24, 2.45) is 13.0 Å². The van der Waals surface area contributed by atoms with E-state index >= 15 is 4.39 Å². The number of aryl methyl sites for hydroxylation is 1. The van der Waals surface area contributed by atoms with Crippen molar-refractivity contribution in [1.82, 2.24) is 34.1 Å². The fourth-order valence-electron chi connectivity index (χ4n) is 8.44. The van der Waals surface area contributed by atoms with Crippen LogP contribution < -0.4 is 16.3 Å². The summed E-state index contributed by atoms with van der Waals surface area (Å²) in [4.78, 5) is 56.0. The highest BCUT2D eigenvalue weighted by atomic mass is 32.1. The Labute approximate surface area is 310 Å². The number of nitrogens with zero attached hydrogens (tertiary/aromatic N) is 6. The number of thiazole rings is 1. The molecule has 0 spiro atoms. The van der Waals surface area contributed by atoms with Crippen molar-refractivity contribution in [3.05, 3.63) is 74.7 Å². The average Bonchev–Trinajstić information content (AvgIpc) is 3.86. The zero-order valence-electron chi connectivity index (χ0n) is 29.3. The number of hydrogen-bond acceptors (Lipinski definition) is 8. The van der Waals surface area contributed by atoms with Crippen LogP contribution in [0.3, 0.4) is 0 Å². The van der Waals surface area contributed by atoms with Gasteiger partial charge in [-0.3, -0.25) is 33.5 Å². The number of halogens is 4. The number of carbonyl (C=O) groups excluding carboxylic acids is 3. The van der Waals surface area contributed by atoms with Gasteiger partial charge in [0, 0.05) is 55.1 Å². The largest absolute Gasteiger partial charge is 0.434 e. The molecular weight excluding hydrogens is 729 g/mol. The zero-order valence-corrected chi connectivity index (χ0v) is 30.1. The molecule has 12 nitrogen and oxygen atoms in total. The number of fused-ring (bicyclic) bond motifs is 2. The number of imide groups is 1. The SMILES string of the molecule is Cn1c(=O)n(C2CCC(=O)NC2=O)c2cccc([C@@H]3CCN(CC4CCC(n5cc6cc(NC(=O)c7nc(C(F)(F)F)cs7)ccc6n5)CC4)C[C@H]3F)c21. The van der Waals surface area contributed by atoms with E-state index in [9.17, 15) is 32.3 Å². The van der Waals surface area contributed by atoms with Gasteiger partial charge in [0.05, 0.1) is 22.6 Å². The molecular formula is C37H38F4N8O4S.